The molecule has 0 spiro atoms. The summed E-state index contributed by atoms with van der Waals surface area (Å²) in [6.45, 7) is 0. The third kappa shape index (κ3) is 3.39. The Morgan fingerprint density at radius 2 is 2.37 bits per heavy atom. The first-order valence-corrected chi connectivity index (χ1v) is 6.56. The van der Waals surface area contributed by atoms with Gasteiger partial charge in [0.25, 0.3) is 0 Å². The van der Waals surface area contributed by atoms with Gasteiger partial charge in [-0.05, 0) is 6.07 Å². The van der Waals surface area contributed by atoms with E-state index < -0.39 is 0 Å². The molecule has 1 aliphatic rings. The van der Waals surface area contributed by atoms with Crippen LogP contribution in [0, 0.1) is 0 Å². The lowest BCUT2D eigenvalue weighted by Crippen LogP contribution is -2.19. The number of halogens is 1. The normalized spacial score (nSPS) is 17.2. The second-order valence-corrected chi connectivity index (χ2v) is 4.90. The molecule has 0 saturated carbocycles. The number of carbonyl (C=O) groups excluding carboxylic acids is 1. The van der Waals surface area contributed by atoms with Crippen LogP contribution in [0.4, 0.5) is 0 Å². The van der Waals surface area contributed by atoms with E-state index >= 15 is 0 Å². The molecule has 0 aliphatic carbocycles. The van der Waals surface area contributed by atoms with Gasteiger partial charge in [-0.2, -0.15) is 5.10 Å². The number of aromatic hydroxyl groups is 1. The number of amides is 1. The molecule has 6 nitrogen and oxygen atoms in total. The number of thioether (sulfide) groups is 1. The highest BCUT2D eigenvalue weighted by molar-refractivity contribution is 8.15. The summed E-state index contributed by atoms with van der Waals surface area (Å²) in [5.41, 5.74) is 0.551. The summed E-state index contributed by atoms with van der Waals surface area (Å²) in [5, 5.41) is 20.5. The molecule has 1 aliphatic heterocycles. The van der Waals surface area contributed by atoms with Crippen LogP contribution in [0.25, 0.3) is 0 Å². The van der Waals surface area contributed by atoms with Crippen molar-refractivity contribution in [1.82, 2.24) is 5.32 Å². The van der Waals surface area contributed by atoms with Crippen molar-refractivity contribution in [3.05, 3.63) is 22.7 Å². The van der Waals surface area contributed by atoms with Gasteiger partial charge in [-0.1, -0.05) is 23.4 Å². The molecule has 8 heteroatoms. The number of hydrogen-bond donors (Lipinski definition) is 2. The summed E-state index contributed by atoms with van der Waals surface area (Å²) in [4.78, 5) is 10.9. The Balaban J connectivity index is 2.17. The Hall–Kier alpha value is -1.73. The number of rotatable bonds is 3. The van der Waals surface area contributed by atoms with E-state index in [-0.39, 0.29) is 11.7 Å². The van der Waals surface area contributed by atoms with Crippen LogP contribution in [0.15, 0.2) is 22.3 Å². The van der Waals surface area contributed by atoms with E-state index in [0.717, 1.165) is 0 Å². The summed E-state index contributed by atoms with van der Waals surface area (Å²) < 4.78 is 4.97. The van der Waals surface area contributed by atoms with E-state index in [2.05, 4.69) is 15.5 Å². The number of phenols is 1. The van der Waals surface area contributed by atoms with Gasteiger partial charge in [0.1, 0.15) is 0 Å². The zero-order valence-electron chi connectivity index (χ0n) is 9.88. The molecule has 1 aromatic carbocycles. The van der Waals surface area contributed by atoms with Gasteiger partial charge in [-0.25, -0.2) is 0 Å². The fourth-order valence-corrected chi connectivity index (χ4v) is 2.18. The molecule has 2 N–H and O–H groups in total. The van der Waals surface area contributed by atoms with E-state index in [4.69, 9.17) is 16.3 Å². The number of carbonyl (C=O) groups is 1. The van der Waals surface area contributed by atoms with Gasteiger partial charge >= 0.3 is 0 Å². The lowest BCUT2D eigenvalue weighted by Gasteiger charge is -2.05. The van der Waals surface area contributed by atoms with E-state index in [1.807, 2.05) is 0 Å². The monoisotopic (exact) mass is 299 g/mol. The van der Waals surface area contributed by atoms with Crippen LogP contribution in [0.3, 0.4) is 0 Å². The van der Waals surface area contributed by atoms with Crippen molar-refractivity contribution in [1.29, 1.82) is 0 Å². The number of benzene rings is 1. The zero-order chi connectivity index (χ0) is 13.8. The molecule has 1 heterocycles. The molecule has 1 saturated heterocycles. The molecule has 100 valence electrons. The molecule has 0 unspecified atom stereocenters. The highest BCUT2D eigenvalue weighted by Crippen LogP contribution is 2.31. The first-order valence-electron chi connectivity index (χ1n) is 5.20. The summed E-state index contributed by atoms with van der Waals surface area (Å²) in [6.07, 6.45) is 1.42. The van der Waals surface area contributed by atoms with Crippen LogP contribution in [0.5, 0.6) is 11.5 Å². The fourth-order valence-electron chi connectivity index (χ4n) is 1.34. The van der Waals surface area contributed by atoms with Gasteiger partial charge in [0, 0.05) is 11.6 Å². The van der Waals surface area contributed by atoms with Gasteiger partial charge < -0.3 is 15.2 Å². The average molecular weight is 300 g/mol. The summed E-state index contributed by atoms with van der Waals surface area (Å²) in [7, 11) is 1.44. The second kappa shape index (κ2) is 5.94. The smallest absolute Gasteiger partial charge is 0.236 e. The van der Waals surface area contributed by atoms with Gasteiger partial charge in [-0.15, -0.1) is 5.10 Å². The Kier molecular flexibility index (Phi) is 4.28. The van der Waals surface area contributed by atoms with Crippen molar-refractivity contribution in [3.8, 4) is 11.5 Å². The van der Waals surface area contributed by atoms with Gasteiger partial charge in [0.2, 0.25) is 5.91 Å². The van der Waals surface area contributed by atoms with Gasteiger partial charge in [-0.3, -0.25) is 4.79 Å². The largest absolute Gasteiger partial charge is 0.504 e. The molecule has 1 aromatic rings. The van der Waals surface area contributed by atoms with Crippen molar-refractivity contribution < 1.29 is 14.6 Å². The Morgan fingerprint density at radius 1 is 1.58 bits per heavy atom. The third-order valence-electron chi connectivity index (χ3n) is 2.23. The van der Waals surface area contributed by atoms with Crippen molar-refractivity contribution >= 4 is 40.7 Å². The average Bonchev–Trinajstić information content (AvgIpc) is 2.78. The minimum Gasteiger partial charge on any atom is -0.504 e. The van der Waals surface area contributed by atoms with Crippen LogP contribution >= 0.6 is 23.4 Å². The summed E-state index contributed by atoms with van der Waals surface area (Å²) in [5.74, 6) is 0.502. The molecular weight excluding hydrogens is 290 g/mol. The first-order chi connectivity index (χ1) is 9.10. The molecule has 0 bridgehead atoms. The Morgan fingerprint density at radius 3 is 3.00 bits per heavy atom. The van der Waals surface area contributed by atoms with Crippen LogP contribution in [0.2, 0.25) is 5.02 Å². The van der Waals surface area contributed by atoms with E-state index in [1.165, 1.54) is 31.2 Å². The molecule has 2 rings (SSSR count). The SMILES string of the molecule is COc1cc(C=NN=C2NC(=O)CS2)c(Cl)cc1O. The Labute approximate surface area is 118 Å². The third-order valence-corrected chi connectivity index (χ3v) is 3.42. The van der Waals surface area contributed by atoms with E-state index in [1.54, 1.807) is 6.07 Å². The maximum Gasteiger partial charge on any atom is 0.236 e. The molecule has 0 aromatic heterocycles. The second-order valence-electron chi connectivity index (χ2n) is 3.53. The number of amidine groups is 1. The summed E-state index contributed by atoms with van der Waals surface area (Å²) >= 11 is 7.22. The topological polar surface area (TPSA) is 83.3 Å². The number of methoxy groups -OCH3 is 1. The van der Waals surface area contributed by atoms with Crippen molar-refractivity contribution in [3.63, 3.8) is 0 Å². The minimum atomic E-state index is -0.0942. The van der Waals surface area contributed by atoms with E-state index in [9.17, 15) is 9.90 Å². The van der Waals surface area contributed by atoms with Crippen LogP contribution < -0.4 is 10.1 Å². The lowest BCUT2D eigenvalue weighted by atomic mass is 10.2. The van der Waals surface area contributed by atoms with Crippen molar-refractivity contribution in [2.45, 2.75) is 0 Å². The van der Waals surface area contributed by atoms with Gasteiger partial charge in [0.05, 0.1) is 24.1 Å². The molecule has 1 amide bonds. The minimum absolute atomic E-state index is 0.0467. The highest BCUT2D eigenvalue weighted by Gasteiger charge is 2.16. The standard InChI is InChI=1S/C11H10ClN3O3S/c1-18-9-2-6(7(12)3-8(9)16)4-13-15-11-14-10(17)5-19-11/h2-4,16H,5H2,1H3,(H,14,15,17). The van der Waals surface area contributed by atoms with Crippen molar-refractivity contribution in [2.75, 3.05) is 12.9 Å². The predicted octanol–water partition coefficient (Wildman–Crippen LogP) is 1.61. The van der Waals surface area contributed by atoms with Crippen molar-refractivity contribution in [2.24, 2.45) is 10.2 Å². The number of nitrogens with one attached hydrogen (secondary N) is 1. The quantitative estimate of drug-likeness (QED) is 0.656. The number of phenolic OH excluding ortho intramolecular Hbond substituents is 1. The summed E-state index contributed by atoms with van der Waals surface area (Å²) in [6, 6.07) is 2.91. The zero-order valence-corrected chi connectivity index (χ0v) is 11.5. The first kappa shape index (κ1) is 13.7. The number of ether oxygens (including phenoxy) is 1. The predicted molar refractivity (Wildman–Crippen MR) is 75.3 cm³/mol. The van der Waals surface area contributed by atoms with E-state index in [0.29, 0.717) is 27.3 Å². The molecule has 0 atom stereocenters. The molecular formula is C11H10ClN3O3S. The number of hydrogen-bond acceptors (Lipinski definition) is 6. The van der Waals surface area contributed by atoms with Crippen LogP contribution in [-0.2, 0) is 4.79 Å². The number of nitrogens with zero attached hydrogens (tertiary/aromatic N) is 2. The van der Waals surface area contributed by atoms with Crippen LogP contribution in [0.1, 0.15) is 5.56 Å². The lowest BCUT2D eigenvalue weighted by molar-refractivity contribution is -0.116. The molecule has 1 fully saturated rings. The maximum atomic E-state index is 10.9. The van der Waals surface area contributed by atoms with Gasteiger partial charge in [0.15, 0.2) is 16.7 Å². The molecule has 19 heavy (non-hydrogen) atoms. The van der Waals surface area contributed by atoms with Crippen LogP contribution in [-0.4, -0.2) is 35.3 Å². The molecule has 0 radical (unpaired) electrons. The highest BCUT2D eigenvalue weighted by atomic mass is 35.5. The Bertz CT molecular complexity index is 575. The fraction of sp³-hybridized carbons (Fsp3) is 0.182. The maximum absolute atomic E-state index is 10.9.